The fourth-order valence-electron chi connectivity index (χ4n) is 5.64. The predicted molar refractivity (Wildman–Crippen MR) is 135 cm³/mol. The van der Waals surface area contributed by atoms with Crippen LogP contribution >= 0.6 is 0 Å². The van der Waals surface area contributed by atoms with Gasteiger partial charge < -0.3 is 9.47 Å². The molecule has 2 aromatic carbocycles. The summed E-state index contributed by atoms with van der Waals surface area (Å²) < 4.78 is 26.5. The minimum Gasteiger partial charge on any atom is -0.493 e. The van der Waals surface area contributed by atoms with Crippen molar-refractivity contribution in [2.45, 2.75) is 50.7 Å². The van der Waals surface area contributed by atoms with Crippen LogP contribution in [0, 0.1) is 5.82 Å². The summed E-state index contributed by atoms with van der Waals surface area (Å²) in [7, 11) is 3.27. The fourth-order valence-corrected chi connectivity index (χ4v) is 5.64. The van der Waals surface area contributed by atoms with Crippen LogP contribution in [-0.2, 0) is 13.0 Å². The maximum Gasteiger partial charge on any atom is 0.173 e. The Morgan fingerprint density at radius 3 is 2.36 bits per heavy atom. The van der Waals surface area contributed by atoms with Crippen molar-refractivity contribution in [2.24, 2.45) is 0 Å². The van der Waals surface area contributed by atoms with E-state index in [0.717, 1.165) is 55.6 Å². The molecule has 192 valence electrons. The molecule has 1 saturated carbocycles. The summed E-state index contributed by atoms with van der Waals surface area (Å²) in [6.07, 6.45) is 6.06. The number of tetrazole rings is 1. The number of aryl methyl sites for hydroxylation is 2. The highest BCUT2D eigenvalue weighted by Crippen LogP contribution is 2.31. The summed E-state index contributed by atoms with van der Waals surface area (Å²) in [6, 6.07) is 13.3. The molecule has 36 heavy (non-hydrogen) atoms. The third kappa shape index (κ3) is 5.37. The molecular weight excluding hydrogens is 459 g/mol. The number of ether oxygens (including phenoxy) is 2. The van der Waals surface area contributed by atoms with Gasteiger partial charge >= 0.3 is 0 Å². The minimum atomic E-state index is -0.239. The van der Waals surface area contributed by atoms with Gasteiger partial charge in [0.05, 0.1) is 20.3 Å². The Hall–Kier alpha value is -3.04. The van der Waals surface area contributed by atoms with Crippen molar-refractivity contribution in [3.05, 3.63) is 65.2 Å². The van der Waals surface area contributed by atoms with E-state index < -0.39 is 0 Å². The molecule has 0 bridgehead atoms. The highest BCUT2D eigenvalue weighted by atomic mass is 19.1. The Balaban J connectivity index is 1.35. The number of hydrogen-bond donors (Lipinski definition) is 0. The zero-order valence-corrected chi connectivity index (χ0v) is 21.1. The molecular formula is C27H35FN6O2. The van der Waals surface area contributed by atoms with E-state index in [1.165, 1.54) is 37.8 Å². The molecule has 9 heteroatoms. The van der Waals surface area contributed by atoms with Gasteiger partial charge in [-0.1, -0.05) is 31.0 Å². The van der Waals surface area contributed by atoms with E-state index in [9.17, 15) is 4.39 Å². The lowest BCUT2D eigenvalue weighted by atomic mass is 10.0. The van der Waals surface area contributed by atoms with Crippen LogP contribution in [0.5, 0.6) is 11.5 Å². The molecule has 0 radical (unpaired) electrons. The van der Waals surface area contributed by atoms with Crippen molar-refractivity contribution in [3.8, 4) is 11.5 Å². The molecule has 0 N–H and O–H groups in total. The largest absolute Gasteiger partial charge is 0.493 e. The minimum absolute atomic E-state index is 0.128. The summed E-state index contributed by atoms with van der Waals surface area (Å²) in [4.78, 5) is 5.09. The van der Waals surface area contributed by atoms with Crippen LogP contribution in [0.2, 0.25) is 0 Å². The third-order valence-corrected chi connectivity index (χ3v) is 7.61. The maximum atomic E-state index is 13.8. The van der Waals surface area contributed by atoms with E-state index >= 15 is 0 Å². The maximum absolute atomic E-state index is 13.8. The van der Waals surface area contributed by atoms with Crippen LogP contribution in [-0.4, -0.2) is 76.4 Å². The van der Waals surface area contributed by atoms with Crippen LogP contribution in [0.4, 0.5) is 4.39 Å². The zero-order chi connectivity index (χ0) is 24.9. The second-order valence-electron chi connectivity index (χ2n) is 9.66. The molecule has 0 spiro atoms. The van der Waals surface area contributed by atoms with Crippen LogP contribution in [0.25, 0.3) is 0 Å². The Morgan fingerprint density at radius 2 is 1.67 bits per heavy atom. The van der Waals surface area contributed by atoms with E-state index in [1.54, 1.807) is 14.2 Å². The highest BCUT2D eigenvalue weighted by molar-refractivity contribution is 5.42. The average Bonchev–Trinajstić information content (AvgIpc) is 3.62. The number of benzene rings is 2. The summed E-state index contributed by atoms with van der Waals surface area (Å²) in [5.74, 6) is 1.96. The number of methoxy groups -OCH3 is 2. The number of piperazine rings is 1. The smallest absolute Gasteiger partial charge is 0.173 e. The zero-order valence-electron chi connectivity index (χ0n) is 21.1. The standard InChI is InChI=1S/C27H35FN6O2/c1-35-24-12-7-20(19-25(24)36-2)13-14-34-27(29-30-31-34)26(21-8-10-22(28)11-9-21)33-17-15-32(16-18-33)23-5-3-4-6-23/h7-12,19,23,26H,3-6,13-18H2,1-2H3. The molecule has 1 unspecified atom stereocenters. The molecule has 2 fully saturated rings. The van der Waals surface area contributed by atoms with Crippen molar-refractivity contribution in [2.75, 3.05) is 40.4 Å². The van der Waals surface area contributed by atoms with Crippen LogP contribution in [0.1, 0.15) is 48.7 Å². The van der Waals surface area contributed by atoms with Crippen LogP contribution in [0.3, 0.4) is 0 Å². The SMILES string of the molecule is COc1ccc(CCn2nnnc2C(c2ccc(F)cc2)N2CCN(C3CCCC3)CC2)cc1OC. The van der Waals surface area contributed by atoms with E-state index in [0.29, 0.717) is 18.0 Å². The predicted octanol–water partition coefficient (Wildman–Crippen LogP) is 3.72. The van der Waals surface area contributed by atoms with Gasteiger partial charge in [-0.3, -0.25) is 9.80 Å². The molecule has 1 aliphatic carbocycles. The van der Waals surface area contributed by atoms with Crippen molar-refractivity contribution in [1.29, 1.82) is 0 Å². The number of nitrogens with zero attached hydrogens (tertiary/aromatic N) is 6. The summed E-state index contributed by atoms with van der Waals surface area (Å²) in [6.45, 7) is 4.56. The van der Waals surface area contributed by atoms with Gasteiger partial charge in [-0.2, -0.15) is 0 Å². The number of aromatic nitrogens is 4. The molecule has 3 aromatic rings. The Labute approximate surface area is 212 Å². The van der Waals surface area contributed by atoms with E-state index in [2.05, 4.69) is 25.3 Å². The lowest BCUT2D eigenvalue weighted by Gasteiger charge is -2.41. The van der Waals surface area contributed by atoms with Crippen LogP contribution in [0.15, 0.2) is 42.5 Å². The van der Waals surface area contributed by atoms with Crippen molar-refractivity contribution in [3.63, 3.8) is 0 Å². The third-order valence-electron chi connectivity index (χ3n) is 7.61. The van der Waals surface area contributed by atoms with Gasteiger partial charge in [0.15, 0.2) is 17.3 Å². The normalized spacial score (nSPS) is 18.4. The monoisotopic (exact) mass is 494 g/mol. The quantitative estimate of drug-likeness (QED) is 0.449. The second kappa shape index (κ2) is 11.3. The molecule has 2 heterocycles. The Kier molecular flexibility index (Phi) is 7.77. The molecule has 1 aromatic heterocycles. The highest BCUT2D eigenvalue weighted by Gasteiger charge is 2.33. The molecule has 5 rings (SSSR count). The molecule has 8 nitrogen and oxygen atoms in total. The van der Waals surface area contributed by atoms with Crippen molar-refractivity contribution < 1.29 is 13.9 Å². The number of rotatable bonds is 9. The molecule has 0 amide bonds. The molecule has 1 saturated heterocycles. The molecule has 1 aliphatic heterocycles. The summed E-state index contributed by atoms with van der Waals surface area (Å²) >= 11 is 0. The first-order valence-corrected chi connectivity index (χ1v) is 12.9. The Morgan fingerprint density at radius 1 is 0.944 bits per heavy atom. The topological polar surface area (TPSA) is 68.5 Å². The van der Waals surface area contributed by atoms with E-state index in [-0.39, 0.29) is 11.9 Å². The Bertz CT molecular complexity index is 1120. The molecule has 1 atom stereocenters. The van der Waals surface area contributed by atoms with Gasteiger partial charge in [0.1, 0.15) is 5.82 Å². The summed E-state index contributed by atoms with van der Waals surface area (Å²) in [5, 5.41) is 12.8. The van der Waals surface area contributed by atoms with Gasteiger partial charge in [-0.15, -0.1) is 5.10 Å². The lowest BCUT2D eigenvalue weighted by Crippen LogP contribution is -2.51. The van der Waals surface area contributed by atoms with Gasteiger partial charge in [0, 0.05) is 38.8 Å². The number of halogens is 1. The number of hydrogen-bond acceptors (Lipinski definition) is 7. The van der Waals surface area contributed by atoms with Gasteiger partial charge in [0.2, 0.25) is 0 Å². The van der Waals surface area contributed by atoms with Crippen molar-refractivity contribution >= 4 is 0 Å². The van der Waals surface area contributed by atoms with Gasteiger partial charge in [0.25, 0.3) is 0 Å². The fraction of sp³-hybridized carbons (Fsp3) is 0.519. The van der Waals surface area contributed by atoms with E-state index in [4.69, 9.17) is 9.47 Å². The first-order valence-electron chi connectivity index (χ1n) is 12.9. The first kappa shape index (κ1) is 24.6. The summed E-state index contributed by atoms with van der Waals surface area (Å²) in [5.41, 5.74) is 2.12. The molecule has 2 aliphatic rings. The average molecular weight is 495 g/mol. The van der Waals surface area contributed by atoms with Gasteiger partial charge in [-0.05, 0) is 65.1 Å². The lowest BCUT2D eigenvalue weighted by molar-refractivity contribution is 0.0770. The second-order valence-corrected chi connectivity index (χ2v) is 9.66. The van der Waals surface area contributed by atoms with E-state index in [1.807, 2.05) is 35.0 Å². The van der Waals surface area contributed by atoms with Crippen LogP contribution < -0.4 is 9.47 Å². The first-order chi connectivity index (χ1) is 17.7. The van der Waals surface area contributed by atoms with Gasteiger partial charge in [-0.25, -0.2) is 9.07 Å². The van der Waals surface area contributed by atoms with Crippen molar-refractivity contribution in [1.82, 2.24) is 30.0 Å².